The molecule has 0 radical (unpaired) electrons. The number of ether oxygens (including phenoxy) is 1. The van der Waals surface area contributed by atoms with E-state index in [9.17, 15) is 4.79 Å². The van der Waals surface area contributed by atoms with Crippen molar-refractivity contribution in [1.29, 1.82) is 0 Å². The minimum Gasteiger partial charge on any atom is -0.378 e. The molecule has 18 heavy (non-hydrogen) atoms. The molecule has 5 heteroatoms. The molecule has 92 valence electrons. The fourth-order valence-corrected chi connectivity index (χ4v) is 1.99. The molecule has 5 nitrogen and oxygen atoms in total. The van der Waals surface area contributed by atoms with Crippen molar-refractivity contribution in [2.75, 3.05) is 26.3 Å². The minimum atomic E-state index is -0.0726. The molecule has 1 aromatic heterocycles. The van der Waals surface area contributed by atoms with Crippen molar-refractivity contribution in [3.05, 3.63) is 36.2 Å². The Hall–Kier alpha value is -2.01. The van der Waals surface area contributed by atoms with Gasteiger partial charge in [-0.15, -0.1) is 0 Å². The highest BCUT2D eigenvalue weighted by Crippen LogP contribution is 2.10. The van der Waals surface area contributed by atoms with Gasteiger partial charge >= 0.3 is 0 Å². The summed E-state index contributed by atoms with van der Waals surface area (Å²) >= 11 is 0. The number of nitrogens with zero attached hydrogens (tertiary/aromatic N) is 3. The summed E-state index contributed by atoms with van der Waals surface area (Å²) in [6, 6.07) is 7.53. The summed E-state index contributed by atoms with van der Waals surface area (Å²) in [6.07, 6.45) is 1.54. The Morgan fingerprint density at radius 1 is 1.17 bits per heavy atom. The highest BCUT2D eigenvalue weighted by Gasteiger charge is 2.20. The number of aromatic nitrogens is 2. The molecule has 0 spiro atoms. The Kier molecular flexibility index (Phi) is 2.90. The van der Waals surface area contributed by atoms with Gasteiger partial charge < -0.3 is 9.64 Å². The van der Waals surface area contributed by atoms with Gasteiger partial charge in [-0.3, -0.25) is 9.78 Å². The lowest BCUT2D eigenvalue weighted by Gasteiger charge is -2.26. The van der Waals surface area contributed by atoms with E-state index in [-0.39, 0.29) is 5.91 Å². The molecule has 1 aliphatic rings. The number of amides is 1. The predicted octanol–water partition coefficient (Wildman–Crippen LogP) is 1.10. The van der Waals surface area contributed by atoms with E-state index < -0.39 is 0 Å². The summed E-state index contributed by atoms with van der Waals surface area (Å²) in [4.78, 5) is 22.6. The van der Waals surface area contributed by atoms with Crippen LogP contribution in [0.15, 0.2) is 30.5 Å². The van der Waals surface area contributed by atoms with Gasteiger partial charge in [-0.25, -0.2) is 4.98 Å². The monoisotopic (exact) mass is 243 g/mol. The minimum absolute atomic E-state index is 0.0726. The molecule has 1 aromatic carbocycles. The molecule has 0 bridgehead atoms. The third-order valence-corrected chi connectivity index (χ3v) is 2.97. The molecule has 3 rings (SSSR count). The van der Waals surface area contributed by atoms with Crippen molar-refractivity contribution in [2.45, 2.75) is 0 Å². The van der Waals surface area contributed by atoms with E-state index in [2.05, 4.69) is 9.97 Å². The summed E-state index contributed by atoms with van der Waals surface area (Å²) in [6.45, 7) is 2.42. The molecule has 0 aliphatic carbocycles. The van der Waals surface area contributed by atoms with E-state index in [1.807, 2.05) is 24.3 Å². The molecule has 1 aliphatic heterocycles. The summed E-state index contributed by atoms with van der Waals surface area (Å²) in [5.74, 6) is -0.0726. The molecule has 2 heterocycles. The second-order valence-electron chi connectivity index (χ2n) is 4.15. The van der Waals surface area contributed by atoms with E-state index >= 15 is 0 Å². The molecule has 1 amide bonds. The van der Waals surface area contributed by atoms with E-state index in [4.69, 9.17) is 4.74 Å². The number of carbonyl (C=O) groups is 1. The number of benzene rings is 1. The molecule has 1 fully saturated rings. The van der Waals surface area contributed by atoms with Crippen LogP contribution in [0.3, 0.4) is 0 Å². The molecule has 0 saturated carbocycles. The van der Waals surface area contributed by atoms with Gasteiger partial charge in [0.25, 0.3) is 5.91 Å². The molecule has 0 atom stereocenters. The second kappa shape index (κ2) is 4.70. The Morgan fingerprint density at radius 2 is 1.89 bits per heavy atom. The van der Waals surface area contributed by atoms with Crippen molar-refractivity contribution in [3.63, 3.8) is 0 Å². The van der Waals surface area contributed by atoms with E-state index in [1.54, 1.807) is 11.1 Å². The number of hydrogen-bond acceptors (Lipinski definition) is 4. The summed E-state index contributed by atoms with van der Waals surface area (Å²) < 4.78 is 5.23. The van der Waals surface area contributed by atoms with E-state index in [0.29, 0.717) is 32.0 Å². The maximum Gasteiger partial charge on any atom is 0.274 e. The zero-order valence-corrected chi connectivity index (χ0v) is 9.87. The Morgan fingerprint density at radius 3 is 2.67 bits per heavy atom. The third-order valence-electron chi connectivity index (χ3n) is 2.97. The van der Waals surface area contributed by atoms with Crippen molar-refractivity contribution < 1.29 is 9.53 Å². The summed E-state index contributed by atoms with van der Waals surface area (Å²) in [7, 11) is 0. The number of rotatable bonds is 1. The SMILES string of the molecule is O=C(c1cnc2ccccc2n1)N1CCOCC1. The third kappa shape index (κ3) is 2.04. The van der Waals surface area contributed by atoms with Gasteiger partial charge in [-0.2, -0.15) is 0 Å². The average Bonchev–Trinajstić information content (AvgIpc) is 2.47. The van der Waals surface area contributed by atoms with Gasteiger partial charge in [0.1, 0.15) is 5.69 Å². The average molecular weight is 243 g/mol. The fourth-order valence-electron chi connectivity index (χ4n) is 1.99. The van der Waals surface area contributed by atoms with Crippen LogP contribution in [-0.2, 0) is 4.74 Å². The topological polar surface area (TPSA) is 55.3 Å². The smallest absolute Gasteiger partial charge is 0.274 e. The fraction of sp³-hybridized carbons (Fsp3) is 0.308. The van der Waals surface area contributed by atoms with Crippen LogP contribution < -0.4 is 0 Å². The lowest BCUT2D eigenvalue weighted by molar-refractivity contribution is 0.0299. The number of carbonyl (C=O) groups excluding carboxylic acids is 1. The van der Waals surface area contributed by atoms with Gasteiger partial charge in [-0.05, 0) is 12.1 Å². The van der Waals surface area contributed by atoms with Gasteiger partial charge in [0.2, 0.25) is 0 Å². The van der Waals surface area contributed by atoms with E-state index in [1.165, 1.54) is 0 Å². The summed E-state index contributed by atoms with van der Waals surface area (Å²) in [5, 5.41) is 0. The van der Waals surface area contributed by atoms with Crippen molar-refractivity contribution >= 4 is 16.9 Å². The van der Waals surface area contributed by atoms with Crippen LogP contribution in [0.2, 0.25) is 0 Å². The molecule has 0 unspecified atom stereocenters. The van der Waals surface area contributed by atoms with Crippen LogP contribution in [0.5, 0.6) is 0 Å². The van der Waals surface area contributed by atoms with E-state index in [0.717, 1.165) is 11.0 Å². The molecule has 1 saturated heterocycles. The van der Waals surface area contributed by atoms with Gasteiger partial charge in [0, 0.05) is 13.1 Å². The first-order chi connectivity index (χ1) is 8.84. The summed E-state index contributed by atoms with van der Waals surface area (Å²) in [5.41, 5.74) is 1.95. The molecular weight excluding hydrogens is 230 g/mol. The lowest BCUT2D eigenvalue weighted by atomic mass is 10.3. The van der Waals surface area contributed by atoms with Crippen LogP contribution >= 0.6 is 0 Å². The quantitative estimate of drug-likeness (QED) is 0.752. The second-order valence-corrected chi connectivity index (χ2v) is 4.15. The highest BCUT2D eigenvalue weighted by atomic mass is 16.5. The molecular formula is C13H13N3O2. The maximum absolute atomic E-state index is 12.2. The number of para-hydroxylation sites is 2. The Labute approximate surface area is 104 Å². The molecule has 0 N–H and O–H groups in total. The first kappa shape index (κ1) is 11.1. The van der Waals surface area contributed by atoms with Crippen LogP contribution in [0, 0.1) is 0 Å². The van der Waals surface area contributed by atoms with Crippen molar-refractivity contribution in [1.82, 2.24) is 14.9 Å². The number of morpholine rings is 1. The zero-order valence-electron chi connectivity index (χ0n) is 9.87. The Bertz CT molecular complexity index is 579. The first-order valence-corrected chi connectivity index (χ1v) is 5.93. The van der Waals surface area contributed by atoms with Gasteiger partial charge in [0.15, 0.2) is 0 Å². The van der Waals surface area contributed by atoms with Crippen LogP contribution in [0.25, 0.3) is 11.0 Å². The molecule has 2 aromatic rings. The normalized spacial score (nSPS) is 15.9. The number of hydrogen-bond donors (Lipinski definition) is 0. The zero-order chi connectivity index (χ0) is 12.4. The Balaban J connectivity index is 1.91. The lowest BCUT2D eigenvalue weighted by Crippen LogP contribution is -2.41. The van der Waals surface area contributed by atoms with Crippen molar-refractivity contribution in [2.24, 2.45) is 0 Å². The maximum atomic E-state index is 12.2. The highest BCUT2D eigenvalue weighted by molar-refractivity contribution is 5.93. The van der Waals surface area contributed by atoms with Crippen molar-refractivity contribution in [3.8, 4) is 0 Å². The first-order valence-electron chi connectivity index (χ1n) is 5.93. The van der Waals surface area contributed by atoms with Crippen LogP contribution in [0.1, 0.15) is 10.5 Å². The van der Waals surface area contributed by atoms with Gasteiger partial charge in [-0.1, -0.05) is 12.1 Å². The van der Waals surface area contributed by atoms with Crippen LogP contribution in [0.4, 0.5) is 0 Å². The standard InChI is InChI=1S/C13H13N3O2/c17-13(16-5-7-18-8-6-16)12-9-14-10-3-1-2-4-11(10)15-12/h1-4,9H,5-8H2. The largest absolute Gasteiger partial charge is 0.378 e. The van der Waals surface area contributed by atoms with Crippen LogP contribution in [-0.4, -0.2) is 47.1 Å². The predicted molar refractivity (Wildman–Crippen MR) is 66.3 cm³/mol. The number of fused-ring (bicyclic) bond motifs is 1. The van der Waals surface area contributed by atoms with Gasteiger partial charge in [0.05, 0.1) is 30.4 Å².